The average molecular weight is 796 g/mol. The number of carbonyl (C=O) groups is 4. The van der Waals surface area contributed by atoms with Crippen LogP contribution < -0.4 is 10.6 Å². The van der Waals surface area contributed by atoms with Gasteiger partial charge in [-0.3, -0.25) is 14.4 Å². The Morgan fingerprint density at radius 1 is 0.831 bits per heavy atom. The number of carbonyl (C=O) groups excluding carboxylic acids is 4. The highest BCUT2D eigenvalue weighted by Crippen LogP contribution is 2.47. The zero-order valence-electron chi connectivity index (χ0n) is 34.4. The number of phenols is 1. The monoisotopic (exact) mass is 795 g/mol. The first-order valence-corrected chi connectivity index (χ1v) is 21.5. The molecule has 0 bridgehead atoms. The predicted molar refractivity (Wildman–Crippen MR) is 229 cm³/mol. The number of hydrogen-bond donors (Lipinski definition) is 3. The number of likely N-dealkylation sites (tertiary alicyclic amines) is 1. The molecule has 10 nitrogen and oxygen atoms in total. The first kappa shape index (κ1) is 40.3. The van der Waals surface area contributed by atoms with Gasteiger partial charge in [0.2, 0.25) is 11.8 Å². The molecule has 3 N–H and O–H groups in total. The van der Waals surface area contributed by atoms with Crippen LogP contribution in [0.1, 0.15) is 113 Å². The van der Waals surface area contributed by atoms with Gasteiger partial charge in [-0.25, -0.2) is 0 Å². The van der Waals surface area contributed by atoms with Crippen LogP contribution in [0.3, 0.4) is 0 Å². The number of amides is 3. The van der Waals surface area contributed by atoms with E-state index in [1.807, 2.05) is 29.2 Å². The van der Waals surface area contributed by atoms with E-state index in [1.165, 1.54) is 41.4 Å². The highest BCUT2D eigenvalue weighted by Gasteiger charge is 2.38. The van der Waals surface area contributed by atoms with E-state index in [9.17, 15) is 24.3 Å². The van der Waals surface area contributed by atoms with Gasteiger partial charge in [-0.15, -0.1) is 0 Å². The average Bonchev–Trinajstić information content (AvgIpc) is 3.82. The smallest absolute Gasteiger partial charge is 0.255 e. The second-order valence-corrected chi connectivity index (χ2v) is 17.2. The number of benzene rings is 4. The van der Waals surface area contributed by atoms with Crippen LogP contribution in [0, 0.1) is 5.92 Å². The van der Waals surface area contributed by atoms with Gasteiger partial charge in [0.25, 0.3) is 5.91 Å². The van der Waals surface area contributed by atoms with Crippen LogP contribution in [0.5, 0.6) is 5.75 Å². The fraction of sp³-hybridized carbons (Fsp3) is 0.429. The summed E-state index contributed by atoms with van der Waals surface area (Å²) < 4.78 is 0. The Morgan fingerprint density at radius 2 is 1.56 bits per heavy atom. The molecule has 3 atom stereocenters. The third-order valence-corrected chi connectivity index (χ3v) is 13.3. The number of nitrogens with one attached hydrogen (secondary N) is 2. The summed E-state index contributed by atoms with van der Waals surface area (Å²) >= 11 is 0. The lowest BCUT2D eigenvalue weighted by atomic mass is 9.69. The van der Waals surface area contributed by atoms with E-state index in [4.69, 9.17) is 0 Å². The lowest BCUT2D eigenvalue weighted by Crippen LogP contribution is -2.52. The molecule has 2 aliphatic carbocycles. The van der Waals surface area contributed by atoms with E-state index in [2.05, 4.69) is 83.2 Å². The third-order valence-electron chi connectivity index (χ3n) is 13.3. The van der Waals surface area contributed by atoms with E-state index < -0.39 is 6.04 Å². The van der Waals surface area contributed by atoms with Crippen LogP contribution in [0.25, 0.3) is 0 Å². The first-order valence-electron chi connectivity index (χ1n) is 21.5. The minimum atomic E-state index is -0.653. The lowest BCUT2D eigenvalue weighted by molar-refractivity contribution is -0.137. The number of nitrogens with zero attached hydrogens (tertiary/aromatic N) is 3. The Bertz CT molecular complexity index is 2160. The largest absolute Gasteiger partial charge is 0.508 e. The van der Waals surface area contributed by atoms with Gasteiger partial charge < -0.3 is 35.2 Å². The van der Waals surface area contributed by atoms with E-state index in [-0.39, 0.29) is 30.1 Å². The van der Waals surface area contributed by atoms with Gasteiger partial charge in [0.05, 0.1) is 6.04 Å². The number of likely N-dealkylation sites (N-methyl/N-ethyl adjacent to an activating group) is 2. The van der Waals surface area contributed by atoms with Crippen molar-refractivity contribution >= 4 is 29.7 Å². The van der Waals surface area contributed by atoms with Crippen LogP contribution in [0.15, 0.2) is 84.9 Å². The molecule has 3 aliphatic heterocycles. The second kappa shape index (κ2) is 17.8. The maximum Gasteiger partial charge on any atom is 0.255 e. The number of rotatable bonds is 10. The number of aromatic hydroxyl groups is 1. The number of aryl methyl sites for hydroxylation is 1. The topological polar surface area (TPSA) is 122 Å². The van der Waals surface area contributed by atoms with Crippen molar-refractivity contribution in [3.8, 4) is 5.75 Å². The van der Waals surface area contributed by atoms with Gasteiger partial charge in [-0.05, 0) is 114 Å². The van der Waals surface area contributed by atoms with Gasteiger partial charge in [-0.2, -0.15) is 0 Å². The van der Waals surface area contributed by atoms with Crippen molar-refractivity contribution in [3.63, 3.8) is 0 Å². The van der Waals surface area contributed by atoms with Gasteiger partial charge in [0.15, 0.2) is 0 Å². The molecule has 10 heteroatoms. The quantitative estimate of drug-likeness (QED) is 0.146. The summed E-state index contributed by atoms with van der Waals surface area (Å²) in [5, 5.41) is 16.2. The van der Waals surface area contributed by atoms with Crippen molar-refractivity contribution in [3.05, 3.63) is 129 Å². The Labute approximate surface area is 348 Å². The molecule has 0 aromatic heterocycles. The summed E-state index contributed by atoms with van der Waals surface area (Å²) in [6, 6.07) is 29.7. The standard InChI is InChI=1S/C26H28N2O.C23H29N3O4/c1-28-16-22(17-28)27-21-10-7-19(8-11-21)26-24(18-5-3-2-4-6-18)13-9-20-15-23(29)12-14-25(20)26;1-24-21(28)20(8-5-9-27)26-14-18-10-16-12-25(13-17(16)11-19(18)23(26)30)22(29)15-6-3-2-4-7-15/h2-8,10-12,14-15,22,24,26-27,29H,9,13,16-17H2,1H3;9-11,15,20H,2-8,12-14H2,1H3,(H,24,28). The van der Waals surface area contributed by atoms with Crippen molar-refractivity contribution in [2.24, 2.45) is 5.92 Å². The van der Waals surface area contributed by atoms with E-state index >= 15 is 0 Å². The van der Waals surface area contributed by atoms with Crippen molar-refractivity contribution < 1.29 is 24.3 Å². The molecule has 0 spiro atoms. The third kappa shape index (κ3) is 8.65. The molecule has 3 heterocycles. The second-order valence-electron chi connectivity index (χ2n) is 17.2. The zero-order valence-corrected chi connectivity index (χ0v) is 34.4. The van der Waals surface area contributed by atoms with Gasteiger partial charge in [-0.1, -0.05) is 73.9 Å². The summed E-state index contributed by atoms with van der Waals surface area (Å²) in [5.74, 6) is 1.08. The SMILES string of the molecule is CN1CC(Nc2ccc(C3c4ccc(O)cc4CCC3c3ccccc3)cc2)C1.CNC(=O)C(CCC=O)N1Cc2cc3c(cc2C1=O)CN(C(=O)C1CCCCC1)C3. The lowest BCUT2D eigenvalue weighted by Gasteiger charge is -2.37. The molecule has 59 heavy (non-hydrogen) atoms. The van der Waals surface area contributed by atoms with Crippen molar-refractivity contribution in [2.75, 3.05) is 32.5 Å². The van der Waals surface area contributed by atoms with Crippen LogP contribution in [-0.2, 0) is 40.4 Å². The number of fused-ring (bicyclic) bond motifs is 3. The van der Waals surface area contributed by atoms with E-state index in [0.717, 1.165) is 74.6 Å². The summed E-state index contributed by atoms with van der Waals surface area (Å²) in [6.45, 7) is 3.72. The molecule has 3 amide bonds. The van der Waals surface area contributed by atoms with Gasteiger partial charge in [0, 0.05) is 69.3 Å². The number of phenolic OH excluding ortho intramolecular Hbond substituents is 1. The minimum absolute atomic E-state index is 0.142. The molecule has 3 unspecified atom stereocenters. The Balaban J connectivity index is 0.000000164. The molecule has 0 radical (unpaired) electrons. The maximum atomic E-state index is 13.1. The highest BCUT2D eigenvalue weighted by molar-refractivity contribution is 6.01. The van der Waals surface area contributed by atoms with Gasteiger partial charge in [0.1, 0.15) is 18.1 Å². The Morgan fingerprint density at radius 3 is 2.25 bits per heavy atom. The highest BCUT2D eigenvalue weighted by atomic mass is 16.3. The van der Waals surface area contributed by atoms with Crippen LogP contribution in [-0.4, -0.2) is 83.1 Å². The summed E-state index contributed by atoms with van der Waals surface area (Å²) in [6.07, 6.45) is 8.87. The minimum Gasteiger partial charge on any atom is -0.508 e. The molecule has 2 fully saturated rings. The Kier molecular flexibility index (Phi) is 12.2. The first-order chi connectivity index (χ1) is 28.7. The van der Waals surface area contributed by atoms with Crippen LogP contribution in [0.2, 0.25) is 0 Å². The van der Waals surface area contributed by atoms with E-state index in [1.54, 1.807) is 4.90 Å². The number of aldehydes is 1. The summed E-state index contributed by atoms with van der Waals surface area (Å²) in [4.78, 5) is 54.9. The van der Waals surface area contributed by atoms with Crippen LogP contribution in [0.4, 0.5) is 5.69 Å². The molecule has 4 aromatic carbocycles. The van der Waals surface area contributed by atoms with Gasteiger partial charge >= 0.3 is 0 Å². The van der Waals surface area contributed by atoms with Crippen LogP contribution >= 0.6 is 0 Å². The summed E-state index contributed by atoms with van der Waals surface area (Å²) in [5.41, 5.74) is 10.2. The van der Waals surface area contributed by atoms with Crippen molar-refractivity contribution in [1.82, 2.24) is 20.0 Å². The Hall–Kier alpha value is -5.48. The zero-order chi connectivity index (χ0) is 41.0. The molecule has 1 saturated heterocycles. The molecule has 4 aromatic rings. The molecule has 1 saturated carbocycles. The molecule has 9 rings (SSSR count). The van der Waals surface area contributed by atoms with Crippen molar-refractivity contribution in [2.45, 2.75) is 101 Å². The number of anilines is 1. The maximum absolute atomic E-state index is 13.1. The summed E-state index contributed by atoms with van der Waals surface area (Å²) in [7, 11) is 3.69. The predicted octanol–water partition coefficient (Wildman–Crippen LogP) is 7.14. The van der Waals surface area contributed by atoms with E-state index in [0.29, 0.717) is 55.2 Å². The molecular weight excluding hydrogens is 739 g/mol. The molecular formula is C49H57N5O5. The van der Waals surface area contributed by atoms with Crippen molar-refractivity contribution in [1.29, 1.82) is 0 Å². The molecule has 308 valence electrons. The fourth-order valence-corrected chi connectivity index (χ4v) is 10.2. The molecule has 5 aliphatic rings. The fourth-order valence-electron chi connectivity index (χ4n) is 10.2. The normalized spacial score (nSPS) is 20.7. The number of hydrogen-bond acceptors (Lipinski definition) is 7.